The highest BCUT2D eigenvalue weighted by Gasteiger charge is 2.24. The summed E-state index contributed by atoms with van der Waals surface area (Å²) in [5, 5.41) is -0.147. The number of ether oxygens (including phenoxy) is 1. The van der Waals surface area contributed by atoms with Crippen LogP contribution in [0.1, 0.15) is 10.4 Å². The summed E-state index contributed by atoms with van der Waals surface area (Å²) < 4.78 is 16.3. The highest BCUT2D eigenvalue weighted by molar-refractivity contribution is 7.60. The fourth-order valence-electron chi connectivity index (χ4n) is 1.57. The zero-order valence-electron chi connectivity index (χ0n) is 10.1. The summed E-state index contributed by atoms with van der Waals surface area (Å²) in [6.07, 6.45) is 0. The minimum absolute atomic E-state index is 0.120. The first-order valence-electron chi connectivity index (χ1n) is 5.51. The van der Waals surface area contributed by atoms with Gasteiger partial charge in [-0.2, -0.15) is 0 Å². The molecule has 0 unspecified atom stereocenters. The Bertz CT molecular complexity index is 695. The van der Waals surface area contributed by atoms with Gasteiger partial charge in [-0.1, -0.05) is 35.9 Å². The van der Waals surface area contributed by atoms with Gasteiger partial charge in [0.2, 0.25) is 0 Å². The number of hydrogen-bond acceptors (Lipinski definition) is 3. The van der Waals surface area contributed by atoms with Gasteiger partial charge in [-0.05, 0) is 24.3 Å². The SMILES string of the molecule is O=C(Oc1ccccc1P(=O)(O)O)c1ccccc1Cl. The van der Waals surface area contributed by atoms with Crippen molar-refractivity contribution in [3.05, 3.63) is 59.1 Å². The van der Waals surface area contributed by atoms with Crippen molar-refractivity contribution in [2.24, 2.45) is 0 Å². The van der Waals surface area contributed by atoms with Crippen molar-refractivity contribution in [3.8, 4) is 5.75 Å². The standard InChI is InChI=1S/C13H10ClO5P/c14-10-6-2-1-5-9(10)13(15)19-11-7-3-4-8-12(11)20(16,17)18/h1-8H,(H2,16,17,18). The van der Waals surface area contributed by atoms with E-state index in [9.17, 15) is 19.1 Å². The zero-order chi connectivity index (χ0) is 14.8. The van der Waals surface area contributed by atoms with Crippen LogP contribution in [0.15, 0.2) is 48.5 Å². The summed E-state index contributed by atoms with van der Waals surface area (Å²) in [7, 11) is -4.53. The third-order valence-electron chi connectivity index (χ3n) is 2.48. The van der Waals surface area contributed by atoms with Crippen molar-refractivity contribution in [3.63, 3.8) is 0 Å². The first-order chi connectivity index (χ1) is 9.39. The number of carbonyl (C=O) groups is 1. The molecule has 2 rings (SSSR count). The van der Waals surface area contributed by atoms with Gasteiger partial charge in [0, 0.05) is 0 Å². The van der Waals surface area contributed by atoms with E-state index >= 15 is 0 Å². The van der Waals surface area contributed by atoms with Gasteiger partial charge in [0.1, 0.15) is 11.1 Å². The maximum atomic E-state index is 12.0. The lowest BCUT2D eigenvalue weighted by atomic mass is 10.2. The van der Waals surface area contributed by atoms with Crippen molar-refractivity contribution in [1.29, 1.82) is 0 Å². The molecule has 0 aliphatic heterocycles. The Morgan fingerprint density at radius 3 is 2.30 bits per heavy atom. The number of rotatable bonds is 3. The maximum Gasteiger partial charge on any atom is 0.359 e. The quantitative estimate of drug-likeness (QED) is 0.516. The van der Waals surface area contributed by atoms with Crippen LogP contribution >= 0.6 is 19.2 Å². The number of esters is 1. The average molecular weight is 313 g/mol. The molecule has 104 valence electrons. The van der Waals surface area contributed by atoms with Gasteiger partial charge in [0.05, 0.1) is 10.6 Å². The smallest absolute Gasteiger partial charge is 0.359 e. The molecule has 0 fully saturated rings. The fraction of sp³-hybridized carbons (Fsp3) is 0. The van der Waals surface area contributed by atoms with Crippen LogP contribution in [0.5, 0.6) is 5.75 Å². The second-order valence-electron chi connectivity index (χ2n) is 3.88. The molecule has 0 aliphatic rings. The van der Waals surface area contributed by atoms with Crippen molar-refractivity contribution >= 4 is 30.5 Å². The number of benzene rings is 2. The van der Waals surface area contributed by atoms with E-state index < -0.39 is 13.6 Å². The van der Waals surface area contributed by atoms with Crippen LogP contribution in [0.3, 0.4) is 0 Å². The molecular weight excluding hydrogens is 303 g/mol. The van der Waals surface area contributed by atoms with Crippen LogP contribution in [0.2, 0.25) is 5.02 Å². The topological polar surface area (TPSA) is 83.8 Å². The van der Waals surface area contributed by atoms with Gasteiger partial charge in [-0.15, -0.1) is 0 Å². The molecule has 2 aromatic carbocycles. The van der Waals surface area contributed by atoms with Crippen LogP contribution < -0.4 is 10.0 Å². The summed E-state index contributed by atoms with van der Waals surface area (Å²) in [5.41, 5.74) is 0.120. The fourth-order valence-corrected chi connectivity index (χ4v) is 2.47. The Morgan fingerprint density at radius 2 is 1.65 bits per heavy atom. The molecule has 0 aromatic heterocycles. The molecule has 2 aromatic rings. The molecule has 0 saturated heterocycles. The molecule has 0 aliphatic carbocycles. The molecule has 0 atom stereocenters. The normalized spacial score (nSPS) is 11.2. The van der Waals surface area contributed by atoms with Gasteiger partial charge in [-0.3, -0.25) is 4.57 Å². The predicted octanol–water partition coefficient (Wildman–Crippen LogP) is 2.36. The molecule has 0 saturated carbocycles. The molecule has 0 heterocycles. The molecule has 20 heavy (non-hydrogen) atoms. The minimum atomic E-state index is -4.53. The van der Waals surface area contributed by atoms with E-state index in [0.29, 0.717) is 0 Å². The molecule has 0 spiro atoms. The lowest BCUT2D eigenvalue weighted by Crippen LogP contribution is -2.15. The third kappa shape index (κ3) is 3.26. The molecule has 5 nitrogen and oxygen atoms in total. The summed E-state index contributed by atoms with van der Waals surface area (Å²) in [4.78, 5) is 30.4. The number of para-hydroxylation sites is 1. The van der Waals surface area contributed by atoms with E-state index in [1.807, 2.05) is 0 Å². The first kappa shape index (κ1) is 14.8. The largest absolute Gasteiger partial charge is 0.422 e. The second-order valence-corrected chi connectivity index (χ2v) is 5.86. The Morgan fingerprint density at radius 1 is 1.05 bits per heavy atom. The van der Waals surface area contributed by atoms with Crippen molar-refractivity contribution in [2.75, 3.05) is 0 Å². The van der Waals surface area contributed by atoms with Crippen LogP contribution in [0.25, 0.3) is 0 Å². The van der Waals surface area contributed by atoms with Crippen molar-refractivity contribution < 1.29 is 23.9 Å². The third-order valence-corrected chi connectivity index (χ3v) is 3.80. The van der Waals surface area contributed by atoms with E-state index in [1.165, 1.54) is 36.4 Å². The van der Waals surface area contributed by atoms with Gasteiger partial charge in [-0.25, -0.2) is 4.79 Å². The average Bonchev–Trinajstić information content (AvgIpc) is 2.38. The van der Waals surface area contributed by atoms with E-state index in [2.05, 4.69) is 0 Å². The summed E-state index contributed by atoms with van der Waals surface area (Å²) >= 11 is 5.86. The van der Waals surface area contributed by atoms with E-state index in [4.69, 9.17) is 16.3 Å². The van der Waals surface area contributed by atoms with Crippen LogP contribution in [-0.4, -0.2) is 15.8 Å². The van der Waals surface area contributed by atoms with E-state index in [0.717, 1.165) is 0 Å². The monoisotopic (exact) mass is 312 g/mol. The molecule has 0 bridgehead atoms. The van der Waals surface area contributed by atoms with Crippen LogP contribution in [0, 0.1) is 0 Å². The molecule has 2 N–H and O–H groups in total. The van der Waals surface area contributed by atoms with Gasteiger partial charge in [0.15, 0.2) is 0 Å². The Hall–Kier alpha value is -1.65. The van der Waals surface area contributed by atoms with Gasteiger partial charge in [0.25, 0.3) is 0 Å². The zero-order valence-corrected chi connectivity index (χ0v) is 11.7. The number of carbonyl (C=O) groups excluding carboxylic acids is 1. The van der Waals surface area contributed by atoms with Gasteiger partial charge >= 0.3 is 13.6 Å². The first-order valence-corrected chi connectivity index (χ1v) is 7.50. The summed E-state index contributed by atoms with van der Waals surface area (Å²) in [6.45, 7) is 0. The Kier molecular flexibility index (Phi) is 4.26. The van der Waals surface area contributed by atoms with Crippen molar-refractivity contribution in [1.82, 2.24) is 0 Å². The highest BCUT2D eigenvalue weighted by atomic mass is 35.5. The lowest BCUT2D eigenvalue weighted by Gasteiger charge is -2.11. The summed E-state index contributed by atoms with van der Waals surface area (Å²) in [5.74, 6) is -0.970. The molecule has 0 radical (unpaired) electrons. The van der Waals surface area contributed by atoms with Gasteiger partial charge < -0.3 is 14.5 Å². The molecular formula is C13H10ClO5P. The van der Waals surface area contributed by atoms with Crippen LogP contribution in [-0.2, 0) is 4.57 Å². The minimum Gasteiger partial charge on any atom is -0.422 e. The second kappa shape index (κ2) is 5.77. The van der Waals surface area contributed by atoms with Crippen LogP contribution in [0.4, 0.5) is 0 Å². The van der Waals surface area contributed by atoms with Crippen molar-refractivity contribution in [2.45, 2.75) is 0 Å². The lowest BCUT2D eigenvalue weighted by molar-refractivity contribution is 0.0736. The molecule has 7 heteroatoms. The maximum absolute atomic E-state index is 12.0. The Balaban J connectivity index is 2.34. The number of halogens is 1. The Labute approximate surface area is 119 Å². The summed E-state index contributed by atoms with van der Waals surface area (Å²) in [6, 6.07) is 11.7. The van der Waals surface area contributed by atoms with E-state index in [-0.39, 0.29) is 21.6 Å². The number of hydrogen-bond donors (Lipinski definition) is 2. The highest BCUT2D eigenvalue weighted by Crippen LogP contribution is 2.37. The van der Waals surface area contributed by atoms with E-state index in [1.54, 1.807) is 12.1 Å². The predicted molar refractivity (Wildman–Crippen MR) is 74.5 cm³/mol. The molecule has 0 amide bonds.